The predicted molar refractivity (Wildman–Crippen MR) is 200 cm³/mol. The fourth-order valence-electron chi connectivity index (χ4n) is 14.1. The first-order chi connectivity index (χ1) is 25.9. The van der Waals surface area contributed by atoms with Gasteiger partial charge in [0, 0.05) is 0 Å². The lowest BCUT2D eigenvalue weighted by Gasteiger charge is -2.72. The van der Waals surface area contributed by atoms with Crippen LogP contribution in [-0.4, -0.2) is 150 Å². The van der Waals surface area contributed by atoms with Crippen molar-refractivity contribution in [2.45, 2.75) is 211 Å². The van der Waals surface area contributed by atoms with Crippen molar-refractivity contribution in [1.82, 2.24) is 0 Å². The Kier molecular flexibility index (Phi) is 11.3. The molecule has 7 fully saturated rings. The van der Waals surface area contributed by atoms with Crippen LogP contribution in [0, 0.1) is 45.3 Å². The van der Waals surface area contributed by atoms with Gasteiger partial charge in [-0.2, -0.15) is 0 Å². The molecule has 0 bridgehead atoms. The highest BCUT2D eigenvalue weighted by atomic mass is 16.8. The summed E-state index contributed by atoms with van der Waals surface area (Å²) >= 11 is 0. The highest BCUT2D eigenvalue weighted by Gasteiger charge is 2.74. The molecule has 3 heterocycles. The zero-order valence-electron chi connectivity index (χ0n) is 34.8. The summed E-state index contributed by atoms with van der Waals surface area (Å²) in [5.41, 5.74) is -3.36. The van der Waals surface area contributed by atoms with Gasteiger partial charge in [-0.15, -0.1) is 0 Å². The number of hydrogen-bond donors (Lipinski definition) is 9. The first-order valence-electron chi connectivity index (χ1n) is 21.2. The number of hydrogen-bond acceptors (Lipinski definition) is 14. The molecule has 7 rings (SSSR count). The second kappa shape index (κ2) is 14.5. The summed E-state index contributed by atoms with van der Waals surface area (Å²) in [6.45, 7) is 17.6. The van der Waals surface area contributed by atoms with Crippen LogP contribution in [0.25, 0.3) is 0 Å². The van der Waals surface area contributed by atoms with Gasteiger partial charge in [-0.05, 0) is 124 Å². The Labute approximate surface area is 331 Å². The van der Waals surface area contributed by atoms with Crippen LogP contribution >= 0.6 is 0 Å². The average molecular weight is 801 g/mol. The zero-order valence-corrected chi connectivity index (χ0v) is 34.8. The molecule has 22 atom stereocenters. The largest absolute Gasteiger partial charge is 0.394 e. The molecule has 9 N–H and O–H groups in total. The fourth-order valence-corrected chi connectivity index (χ4v) is 14.1. The number of aliphatic hydroxyl groups excluding tert-OH is 8. The molecule has 0 radical (unpaired) electrons. The van der Waals surface area contributed by atoms with Crippen molar-refractivity contribution in [3.63, 3.8) is 0 Å². The first-order valence-corrected chi connectivity index (χ1v) is 21.2. The van der Waals surface area contributed by atoms with Crippen molar-refractivity contribution in [2.24, 2.45) is 45.3 Å². The fraction of sp³-hybridized carbons (Fsp3) is 1.00. The van der Waals surface area contributed by atoms with Crippen molar-refractivity contribution >= 4 is 0 Å². The zero-order chi connectivity index (χ0) is 41.3. The van der Waals surface area contributed by atoms with Crippen LogP contribution in [-0.2, 0) is 23.7 Å². The van der Waals surface area contributed by atoms with E-state index >= 15 is 0 Å². The van der Waals surface area contributed by atoms with E-state index in [1.165, 1.54) is 6.92 Å². The molecule has 14 heteroatoms. The van der Waals surface area contributed by atoms with E-state index in [-0.39, 0.29) is 35.2 Å². The Balaban J connectivity index is 1.26. The number of aliphatic hydroxyl groups is 9. The lowest BCUT2D eigenvalue weighted by atomic mass is 9.34. The van der Waals surface area contributed by atoms with E-state index in [4.69, 9.17) is 23.7 Å². The van der Waals surface area contributed by atoms with Crippen molar-refractivity contribution in [3.05, 3.63) is 0 Å². The molecule has 7 aliphatic rings. The molecule has 0 amide bonds. The van der Waals surface area contributed by atoms with Gasteiger partial charge in [-0.25, -0.2) is 0 Å². The minimum absolute atomic E-state index is 0.0557. The monoisotopic (exact) mass is 800 g/mol. The Morgan fingerprint density at radius 3 is 2.04 bits per heavy atom. The summed E-state index contributed by atoms with van der Waals surface area (Å²) in [6.07, 6.45) is -11.0. The molecule has 324 valence electrons. The third-order valence-electron chi connectivity index (χ3n) is 17.3. The smallest absolute Gasteiger partial charge is 0.187 e. The van der Waals surface area contributed by atoms with E-state index in [0.29, 0.717) is 25.7 Å². The topological polar surface area (TPSA) is 228 Å². The van der Waals surface area contributed by atoms with Crippen molar-refractivity contribution in [2.75, 3.05) is 6.61 Å². The van der Waals surface area contributed by atoms with Gasteiger partial charge >= 0.3 is 0 Å². The van der Waals surface area contributed by atoms with Crippen molar-refractivity contribution in [3.8, 4) is 0 Å². The van der Waals surface area contributed by atoms with Gasteiger partial charge in [0.25, 0.3) is 0 Å². The normalized spacial score (nSPS) is 57.3. The van der Waals surface area contributed by atoms with Gasteiger partial charge in [0.2, 0.25) is 0 Å². The van der Waals surface area contributed by atoms with E-state index < -0.39 is 114 Å². The van der Waals surface area contributed by atoms with E-state index in [1.807, 2.05) is 0 Å². The molecule has 3 aliphatic heterocycles. The first kappa shape index (κ1) is 43.5. The number of rotatable bonds is 7. The summed E-state index contributed by atoms with van der Waals surface area (Å²) in [6, 6.07) is 0. The highest BCUT2D eigenvalue weighted by molar-refractivity contribution is 5.22. The van der Waals surface area contributed by atoms with Crippen molar-refractivity contribution < 1.29 is 69.6 Å². The molecule has 4 saturated carbocycles. The minimum Gasteiger partial charge on any atom is -0.394 e. The van der Waals surface area contributed by atoms with Gasteiger partial charge in [0.1, 0.15) is 42.7 Å². The molecule has 4 aliphatic carbocycles. The lowest BCUT2D eigenvalue weighted by molar-refractivity contribution is -0.382. The maximum atomic E-state index is 12.4. The van der Waals surface area contributed by atoms with Crippen LogP contribution < -0.4 is 0 Å². The van der Waals surface area contributed by atoms with Gasteiger partial charge < -0.3 is 69.6 Å². The van der Waals surface area contributed by atoms with Crippen LogP contribution in [0.3, 0.4) is 0 Å². The highest BCUT2D eigenvalue weighted by Crippen LogP contribution is 2.76. The van der Waals surface area contributed by atoms with Gasteiger partial charge in [0.05, 0.1) is 48.3 Å². The third kappa shape index (κ3) is 6.49. The predicted octanol–water partition coefficient (Wildman–Crippen LogP) is 1.36. The van der Waals surface area contributed by atoms with Gasteiger partial charge in [-0.1, -0.05) is 34.6 Å². The molecule has 3 saturated heterocycles. The third-order valence-corrected chi connectivity index (χ3v) is 17.3. The summed E-state index contributed by atoms with van der Waals surface area (Å²) in [7, 11) is 0. The minimum atomic E-state index is -1.70. The standard InChI is InChI=1S/C42H72O14/c1-19-28(46)30(48)32(50)35(52-19)55-33-31(49)29(47)23(18-43)54-36(33)53-22-17-41(8)24(39(6)13-11-25(45)37(2,3)34(22)39)16-21(44)27-20(10-14-40(27,41)7)42(9)15-12-26(56-42)38(4,5)51/h19-36,43-51H,10-18H2,1-9H3/t19?,20?,21-,22+,23?,24?,25+,26?,27+,28?,29?,30?,31?,32?,33?,34+,35?,36?,39-,40-,41-,42+/m1/s1. The molecule has 13 unspecified atom stereocenters. The van der Waals surface area contributed by atoms with E-state index in [9.17, 15) is 46.0 Å². The second-order valence-corrected chi connectivity index (χ2v) is 21.2. The molecule has 14 nitrogen and oxygen atoms in total. The maximum Gasteiger partial charge on any atom is 0.187 e. The SMILES string of the molecule is CC1OC(OC2C(O[C@H]3C[C@]4(C)C(C[C@@H](O)[C@@H]5C([C@]6(C)CCC(C(C)(C)O)O6)CC[C@]54C)[C@@]4(C)CC[C@H](O)C(C)(C)[C@H]34)OC(CO)C(O)C2O)C(O)C(O)C1O. The summed E-state index contributed by atoms with van der Waals surface area (Å²) < 4.78 is 32.0. The second-order valence-electron chi connectivity index (χ2n) is 21.2. The van der Waals surface area contributed by atoms with Crippen LogP contribution in [0.2, 0.25) is 0 Å². The van der Waals surface area contributed by atoms with Crippen molar-refractivity contribution in [1.29, 1.82) is 0 Å². The molecule has 0 spiro atoms. The number of fused-ring (bicyclic) bond motifs is 5. The summed E-state index contributed by atoms with van der Waals surface area (Å²) in [5.74, 6) is -0.246. The van der Waals surface area contributed by atoms with Gasteiger partial charge in [-0.3, -0.25) is 0 Å². The Hall–Kier alpha value is -0.560. The maximum absolute atomic E-state index is 12.4. The number of ether oxygens (including phenoxy) is 5. The van der Waals surface area contributed by atoms with Crippen LogP contribution in [0.5, 0.6) is 0 Å². The van der Waals surface area contributed by atoms with E-state index in [1.54, 1.807) is 13.8 Å². The van der Waals surface area contributed by atoms with Gasteiger partial charge in [0.15, 0.2) is 12.6 Å². The Bertz CT molecular complexity index is 1430. The molecular formula is C42H72O14. The molecule has 0 aromatic rings. The molecular weight excluding hydrogens is 728 g/mol. The summed E-state index contributed by atoms with van der Waals surface area (Å²) in [4.78, 5) is 0. The average Bonchev–Trinajstić information content (AvgIpc) is 3.71. The van der Waals surface area contributed by atoms with Crippen LogP contribution in [0.4, 0.5) is 0 Å². The Morgan fingerprint density at radius 2 is 1.41 bits per heavy atom. The van der Waals surface area contributed by atoms with E-state index in [0.717, 1.165) is 25.7 Å². The van der Waals surface area contributed by atoms with Crippen LogP contribution in [0.15, 0.2) is 0 Å². The van der Waals surface area contributed by atoms with E-state index in [2.05, 4.69) is 41.5 Å². The Morgan fingerprint density at radius 1 is 0.732 bits per heavy atom. The molecule has 0 aromatic carbocycles. The lowest BCUT2D eigenvalue weighted by Crippen LogP contribution is -2.71. The van der Waals surface area contributed by atoms with Crippen LogP contribution in [0.1, 0.15) is 114 Å². The summed E-state index contributed by atoms with van der Waals surface area (Å²) in [5, 5.41) is 99.5. The molecule has 56 heavy (non-hydrogen) atoms. The quantitative estimate of drug-likeness (QED) is 0.166. The molecule has 0 aromatic heterocycles.